The second kappa shape index (κ2) is 4.45. The van der Waals surface area contributed by atoms with Gasteiger partial charge in [0.1, 0.15) is 0 Å². The minimum atomic E-state index is 0.530. The first-order valence-corrected chi connectivity index (χ1v) is 6.79. The molecule has 0 radical (unpaired) electrons. The summed E-state index contributed by atoms with van der Waals surface area (Å²) in [6, 6.07) is 0.988. The van der Waals surface area contributed by atoms with Crippen LogP contribution in [-0.2, 0) is 0 Å². The van der Waals surface area contributed by atoms with E-state index in [-0.39, 0.29) is 0 Å². The van der Waals surface area contributed by atoms with Crippen LogP contribution in [0.15, 0.2) is 0 Å². The number of likely N-dealkylation sites (tertiary alicyclic amines) is 1. The minimum absolute atomic E-state index is 0.530. The molecule has 2 aliphatic rings. The largest absolute Gasteiger partial charge is 0.300 e. The van der Waals surface area contributed by atoms with Gasteiger partial charge in [-0.05, 0) is 56.4 Å². The van der Waals surface area contributed by atoms with Crippen LogP contribution in [0.4, 0.5) is 0 Å². The smallest absolute Gasteiger partial charge is 0.00965 e. The third kappa shape index (κ3) is 3.79. The maximum atomic E-state index is 2.76. The first kappa shape index (κ1) is 11.4. The van der Waals surface area contributed by atoms with Crippen LogP contribution in [0.5, 0.6) is 0 Å². The van der Waals surface area contributed by atoms with E-state index in [1.807, 2.05) is 0 Å². The van der Waals surface area contributed by atoms with E-state index in [0.29, 0.717) is 5.41 Å². The summed E-state index contributed by atoms with van der Waals surface area (Å²) in [7, 11) is 0. The maximum absolute atomic E-state index is 2.76. The van der Waals surface area contributed by atoms with E-state index in [2.05, 4.69) is 25.7 Å². The quantitative estimate of drug-likeness (QED) is 0.685. The third-order valence-corrected chi connectivity index (χ3v) is 3.92. The molecule has 0 aromatic carbocycles. The van der Waals surface area contributed by atoms with Gasteiger partial charge in [-0.25, -0.2) is 0 Å². The van der Waals surface area contributed by atoms with Crippen molar-refractivity contribution in [2.75, 3.05) is 13.1 Å². The van der Waals surface area contributed by atoms with Crippen LogP contribution in [0.2, 0.25) is 0 Å². The number of piperidine rings is 1. The van der Waals surface area contributed by atoms with Crippen molar-refractivity contribution in [2.45, 2.75) is 65.3 Å². The van der Waals surface area contributed by atoms with Crippen LogP contribution >= 0.6 is 0 Å². The molecule has 0 spiro atoms. The molecule has 2 rings (SSSR count). The lowest BCUT2D eigenvalue weighted by molar-refractivity contribution is 0.150. The van der Waals surface area contributed by atoms with Gasteiger partial charge in [0, 0.05) is 12.6 Å². The average molecular weight is 209 g/mol. The normalized spacial score (nSPS) is 29.4. The molecule has 0 bridgehead atoms. The van der Waals surface area contributed by atoms with Crippen molar-refractivity contribution in [1.29, 1.82) is 0 Å². The Bertz CT molecular complexity index is 200. The van der Waals surface area contributed by atoms with Gasteiger partial charge in [-0.2, -0.15) is 0 Å². The molecule has 0 N–H and O–H groups in total. The average Bonchev–Trinajstić information content (AvgIpc) is 2.97. The summed E-state index contributed by atoms with van der Waals surface area (Å²) < 4.78 is 0. The van der Waals surface area contributed by atoms with Gasteiger partial charge in [-0.15, -0.1) is 0 Å². The highest BCUT2D eigenvalue weighted by Crippen LogP contribution is 2.33. The molecule has 1 aliphatic heterocycles. The van der Waals surface area contributed by atoms with Gasteiger partial charge in [-0.1, -0.05) is 20.8 Å². The summed E-state index contributed by atoms with van der Waals surface area (Å²) >= 11 is 0. The monoisotopic (exact) mass is 209 g/mol. The number of hydrogen-bond acceptors (Lipinski definition) is 1. The number of hydrogen-bond donors (Lipinski definition) is 0. The van der Waals surface area contributed by atoms with E-state index >= 15 is 0 Å². The zero-order valence-corrected chi connectivity index (χ0v) is 10.8. The fourth-order valence-electron chi connectivity index (χ4n) is 2.74. The van der Waals surface area contributed by atoms with Gasteiger partial charge >= 0.3 is 0 Å². The van der Waals surface area contributed by atoms with Gasteiger partial charge in [0.2, 0.25) is 0 Å². The summed E-state index contributed by atoms with van der Waals surface area (Å²) in [6.07, 6.45) is 8.74. The minimum Gasteiger partial charge on any atom is -0.300 e. The van der Waals surface area contributed by atoms with Crippen molar-refractivity contribution in [3.05, 3.63) is 0 Å². The zero-order valence-electron chi connectivity index (χ0n) is 10.8. The Morgan fingerprint density at radius 2 is 1.87 bits per heavy atom. The van der Waals surface area contributed by atoms with Crippen molar-refractivity contribution in [2.24, 2.45) is 11.3 Å². The van der Waals surface area contributed by atoms with E-state index in [9.17, 15) is 0 Å². The van der Waals surface area contributed by atoms with E-state index in [1.54, 1.807) is 0 Å². The van der Waals surface area contributed by atoms with E-state index < -0.39 is 0 Å². The SMILES string of the molecule is CC(C)(C)CCC1CCCN(C2CC2)C1. The standard InChI is InChI=1S/C14H27N/c1-14(2,3)9-8-12-5-4-10-15(11-12)13-6-7-13/h12-13H,4-11H2,1-3H3. The Morgan fingerprint density at radius 3 is 2.47 bits per heavy atom. The molecule has 0 aromatic rings. The van der Waals surface area contributed by atoms with Crippen LogP contribution in [-0.4, -0.2) is 24.0 Å². The molecule has 1 unspecified atom stereocenters. The van der Waals surface area contributed by atoms with Crippen molar-refractivity contribution in [3.63, 3.8) is 0 Å². The molecule has 0 amide bonds. The predicted molar refractivity (Wildman–Crippen MR) is 66.0 cm³/mol. The molecule has 1 atom stereocenters. The van der Waals surface area contributed by atoms with Crippen LogP contribution in [0.1, 0.15) is 59.3 Å². The lowest BCUT2D eigenvalue weighted by Crippen LogP contribution is -2.37. The molecule has 1 saturated carbocycles. The Morgan fingerprint density at radius 1 is 1.13 bits per heavy atom. The topological polar surface area (TPSA) is 3.24 Å². The molecule has 88 valence electrons. The first-order chi connectivity index (χ1) is 7.04. The highest BCUT2D eigenvalue weighted by atomic mass is 15.2. The maximum Gasteiger partial charge on any atom is 0.00965 e. The van der Waals surface area contributed by atoms with Crippen LogP contribution in [0, 0.1) is 11.3 Å². The Balaban J connectivity index is 1.72. The van der Waals surface area contributed by atoms with Crippen molar-refractivity contribution in [3.8, 4) is 0 Å². The summed E-state index contributed by atoms with van der Waals surface area (Å²) in [6.45, 7) is 9.90. The van der Waals surface area contributed by atoms with E-state index in [4.69, 9.17) is 0 Å². The van der Waals surface area contributed by atoms with Crippen LogP contribution in [0.25, 0.3) is 0 Å². The molecule has 1 nitrogen and oxygen atoms in total. The van der Waals surface area contributed by atoms with Gasteiger partial charge in [0.15, 0.2) is 0 Å². The second-order valence-corrected chi connectivity index (χ2v) is 6.83. The summed E-state index contributed by atoms with van der Waals surface area (Å²) in [5.41, 5.74) is 0.530. The van der Waals surface area contributed by atoms with Crippen LogP contribution in [0.3, 0.4) is 0 Å². The molecular weight excluding hydrogens is 182 g/mol. The highest BCUT2D eigenvalue weighted by Gasteiger charge is 2.32. The summed E-state index contributed by atoms with van der Waals surface area (Å²) in [4.78, 5) is 2.76. The molecule has 15 heavy (non-hydrogen) atoms. The van der Waals surface area contributed by atoms with Crippen molar-refractivity contribution < 1.29 is 0 Å². The van der Waals surface area contributed by atoms with E-state index in [1.165, 1.54) is 51.6 Å². The molecule has 1 heteroatoms. The van der Waals surface area contributed by atoms with E-state index in [0.717, 1.165) is 12.0 Å². The fraction of sp³-hybridized carbons (Fsp3) is 1.00. The highest BCUT2D eigenvalue weighted by molar-refractivity contribution is 4.88. The van der Waals surface area contributed by atoms with Gasteiger partial charge < -0.3 is 4.90 Å². The summed E-state index contributed by atoms with van der Waals surface area (Å²) in [5.74, 6) is 0.999. The Hall–Kier alpha value is -0.0400. The fourth-order valence-corrected chi connectivity index (χ4v) is 2.74. The first-order valence-electron chi connectivity index (χ1n) is 6.79. The molecule has 1 aliphatic carbocycles. The second-order valence-electron chi connectivity index (χ2n) is 6.83. The van der Waals surface area contributed by atoms with Crippen molar-refractivity contribution >= 4 is 0 Å². The lowest BCUT2D eigenvalue weighted by atomic mass is 9.84. The van der Waals surface area contributed by atoms with Gasteiger partial charge in [0.05, 0.1) is 0 Å². The van der Waals surface area contributed by atoms with Crippen LogP contribution < -0.4 is 0 Å². The predicted octanol–water partition coefficient (Wildman–Crippen LogP) is 3.69. The Kier molecular flexibility index (Phi) is 3.39. The lowest BCUT2D eigenvalue weighted by Gasteiger charge is -2.34. The number of nitrogens with zero attached hydrogens (tertiary/aromatic N) is 1. The zero-order chi connectivity index (χ0) is 10.9. The summed E-state index contributed by atoms with van der Waals surface area (Å²) in [5, 5.41) is 0. The van der Waals surface area contributed by atoms with Gasteiger partial charge in [0.25, 0.3) is 0 Å². The molecule has 2 fully saturated rings. The molecular formula is C14H27N. The number of rotatable bonds is 3. The molecule has 1 heterocycles. The molecule has 0 aromatic heterocycles. The Labute approximate surface area is 95.2 Å². The van der Waals surface area contributed by atoms with Gasteiger partial charge in [-0.3, -0.25) is 0 Å². The third-order valence-electron chi connectivity index (χ3n) is 3.92. The molecule has 1 saturated heterocycles. The van der Waals surface area contributed by atoms with Crippen molar-refractivity contribution in [1.82, 2.24) is 4.90 Å².